The lowest BCUT2D eigenvalue weighted by Gasteiger charge is -2.36. The number of piperidine rings is 1. The van der Waals surface area contributed by atoms with Crippen LogP contribution in [-0.4, -0.2) is 50.2 Å². The van der Waals surface area contributed by atoms with Gasteiger partial charge in [0.15, 0.2) is 5.65 Å². The zero-order chi connectivity index (χ0) is 21.7. The van der Waals surface area contributed by atoms with Crippen molar-refractivity contribution in [2.75, 3.05) is 29.4 Å². The van der Waals surface area contributed by atoms with Gasteiger partial charge < -0.3 is 15.5 Å². The quantitative estimate of drug-likeness (QED) is 0.536. The SMILES string of the molecule is Cc1ccc2ncnc(N3CCCCC3c3cc4nc(N5CC[C@@H](N)C5)ccn4n3)c2c1. The molecule has 2 saturated heterocycles. The summed E-state index contributed by atoms with van der Waals surface area (Å²) >= 11 is 0. The zero-order valence-electron chi connectivity index (χ0n) is 18.4. The summed E-state index contributed by atoms with van der Waals surface area (Å²) in [7, 11) is 0. The summed E-state index contributed by atoms with van der Waals surface area (Å²) in [5.41, 5.74) is 10.2. The molecule has 2 aliphatic rings. The van der Waals surface area contributed by atoms with E-state index in [0.717, 1.165) is 72.8 Å². The predicted octanol–water partition coefficient (Wildman–Crippen LogP) is 3.25. The second kappa shape index (κ2) is 7.70. The van der Waals surface area contributed by atoms with E-state index in [1.807, 2.05) is 16.8 Å². The number of anilines is 2. The lowest BCUT2D eigenvalue weighted by molar-refractivity contribution is 0.461. The molecule has 2 atom stereocenters. The van der Waals surface area contributed by atoms with E-state index in [4.69, 9.17) is 20.8 Å². The Hall–Kier alpha value is -3.26. The van der Waals surface area contributed by atoms with Crippen molar-refractivity contribution in [1.82, 2.24) is 24.6 Å². The van der Waals surface area contributed by atoms with Gasteiger partial charge in [-0.15, -0.1) is 0 Å². The lowest BCUT2D eigenvalue weighted by atomic mass is 9.98. The number of nitrogens with two attached hydrogens (primary N) is 1. The first-order valence-corrected chi connectivity index (χ1v) is 11.5. The lowest BCUT2D eigenvalue weighted by Crippen LogP contribution is -2.34. The van der Waals surface area contributed by atoms with Crippen LogP contribution >= 0.6 is 0 Å². The smallest absolute Gasteiger partial charge is 0.157 e. The number of aromatic nitrogens is 5. The summed E-state index contributed by atoms with van der Waals surface area (Å²) in [5.74, 6) is 1.98. The van der Waals surface area contributed by atoms with E-state index in [9.17, 15) is 0 Å². The van der Waals surface area contributed by atoms with Crippen LogP contribution in [0.5, 0.6) is 0 Å². The van der Waals surface area contributed by atoms with Gasteiger partial charge in [-0.3, -0.25) is 0 Å². The molecule has 32 heavy (non-hydrogen) atoms. The maximum atomic E-state index is 6.09. The summed E-state index contributed by atoms with van der Waals surface area (Å²) in [6, 6.07) is 11.0. The molecule has 0 bridgehead atoms. The number of hydrogen-bond acceptors (Lipinski definition) is 7. The molecule has 4 aromatic rings. The first-order chi connectivity index (χ1) is 15.7. The molecule has 3 aromatic heterocycles. The third kappa shape index (κ3) is 3.35. The van der Waals surface area contributed by atoms with Crippen LogP contribution in [0.25, 0.3) is 16.6 Å². The van der Waals surface area contributed by atoms with E-state index < -0.39 is 0 Å². The van der Waals surface area contributed by atoms with E-state index in [1.165, 1.54) is 12.0 Å². The first kappa shape index (κ1) is 19.4. The minimum Gasteiger partial charge on any atom is -0.355 e. The molecule has 8 heteroatoms. The van der Waals surface area contributed by atoms with Crippen LogP contribution in [0.2, 0.25) is 0 Å². The highest BCUT2D eigenvalue weighted by Crippen LogP contribution is 2.37. The molecule has 2 N–H and O–H groups in total. The number of fused-ring (bicyclic) bond motifs is 2. The monoisotopic (exact) mass is 428 g/mol. The summed E-state index contributed by atoms with van der Waals surface area (Å²) < 4.78 is 1.89. The molecule has 6 rings (SSSR count). The molecule has 2 aliphatic heterocycles. The van der Waals surface area contributed by atoms with E-state index >= 15 is 0 Å². The Bertz CT molecular complexity index is 1280. The number of rotatable bonds is 3. The summed E-state index contributed by atoms with van der Waals surface area (Å²) in [4.78, 5) is 18.8. The van der Waals surface area contributed by atoms with Crippen molar-refractivity contribution in [3.63, 3.8) is 0 Å². The molecule has 0 spiro atoms. The summed E-state index contributed by atoms with van der Waals surface area (Å²) in [5, 5.41) is 6.02. The number of nitrogens with zero attached hydrogens (tertiary/aromatic N) is 7. The Morgan fingerprint density at radius 1 is 1.03 bits per heavy atom. The molecule has 164 valence electrons. The van der Waals surface area contributed by atoms with Crippen molar-refractivity contribution in [1.29, 1.82) is 0 Å². The van der Waals surface area contributed by atoms with Gasteiger partial charge in [-0.1, -0.05) is 11.6 Å². The molecule has 1 unspecified atom stereocenters. The van der Waals surface area contributed by atoms with Crippen LogP contribution in [0.15, 0.2) is 42.9 Å². The summed E-state index contributed by atoms with van der Waals surface area (Å²) in [6.07, 6.45) is 8.09. The van der Waals surface area contributed by atoms with E-state index in [0.29, 0.717) is 0 Å². The minimum atomic E-state index is 0.174. The van der Waals surface area contributed by atoms with Gasteiger partial charge in [0.25, 0.3) is 0 Å². The fourth-order valence-corrected chi connectivity index (χ4v) is 5.10. The second-order valence-electron chi connectivity index (χ2n) is 9.08. The Morgan fingerprint density at radius 3 is 2.84 bits per heavy atom. The van der Waals surface area contributed by atoms with Crippen molar-refractivity contribution in [2.24, 2.45) is 5.73 Å². The average molecular weight is 429 g/mol. The van der Waals surface area contributed by atoms with Gasteiger partial charge in [0.05, 0.1) is 17.3 Å². The van der Waals surface area contributed by atoms with E-state index in [-0.39, 0.29) is 12.1 Å². The number of hydrogen-bond donors (Lipinski definition) is 1. The molecule has 0 aliphatic carbocycles. The van der Waals surface area contributed by atoms with Gasteiger partial charge in [0.1, 0.15) is 18.0 Å². The van der Waals surface area contributed by atoms with Gasteiger partial charge >= 0.3 is 0 Å². The maximum Gasteiger partial charge on any atom is 0.157 e. The van der Waals surface area contributed by atoms with Crippen molar-refractivity contribution in [2.45, 2.75) is 44.7 Å². The van der Waals surface area contributed by atoms with Crippen LogP contribution in [0.1, 0.15) is 43.0 Å². The second-order valence-corrected chi connectivity index (χ2v) is 9.08. The van der Waals surface area contributed by atoms with Crippen molar-refractivity contribution in [3.05, 3.63) is 54.1 Å². The highest BCUT2D eigenvalue weighted by molar-refractivity contribution is 5.90. The summed E-state index contributed by atoms with van der Waals surface area (Å²) in [6.45, 7) is 4.90. The normalized spacial score (nSPS) is 21.7. The Balaban J connectivity index is 1.38. The molecular weight excluding hydrogens is 400 g/mol. The Kier molecular flexibility index (Phi) is 4.68. The van der Waals surface area contributed by atoms with Crippen molar-refractivity contribution >= 4 is 28.2 Å². The third-order valence-corrected chi connectivity index (χ3v) is 6.76. The highest BCUT2D eigenvalue weighted by Gasteiger charge is 2.29. The Labute approximate surface area is 187 Å². The third-order valence-electron chi connectivity index (χ3n) is 6.76. The average Bonchev–Trinajstić information content (AvgIpc) is 3.44. The molecule has 1 aromatic carbocycles. The van der Waals surface area contributed by atoms with Crippen LogP contribution < -0.4 is 15.5 Å². The molecule has 0 saturated carbocycles. The first-order valence-electron chi connectivity index (χ1n) is 11.5. The molecule has 5 heterocycles. The molecule has 2 fully saturated rings. The molecular formula is C24H28N8. The van der Waals surface area contributed by atoms with E-state index in [2.05, 4.69) is 46.0 Å². The predicted molar refractivity (Wildman–Crippen MR) is 126 cm³/mol. The van der Waals surface area contributed by atoms with Gasteiger partial charge in [-0.2, -0.15) is 5.10 Å². The minimum absolute atomic E-state index is 0.174. The van der Waals surface area contributed by atoms with Crippen molar-refractivity contribution < 1.29 is 0 Å². The Morgan fingerprint density at radius 2 is 1.97 bits per heavy atom. The van der Waals surface area contributed by atoms with Gasteiger partial charge in [-0.05, 0) is 50.8 Å². The van der Waals surface area contributed by atoms with Crippen LogP contribution in [0.4, 0.5) is 11.6 Å². The van der Waals surface area contributed by atoms with Gasteiger partial charge in [-0.25, -0.2) is 19.5 Å². The van der Waals surface area contributed by atoms with Gasteiger partial charge in [0, 0.05) is 43.3 Å². The zero-order valence-corrected chi connectivity index (χ0v) is 18.4. The fourth-order valence-electron chi connectivity index (χ4n) is 5.10. The van der Waals surface area contributed by atoms with Crippen molar-refractivity contribution in [3.8, 4) is 0 Å². The van der Waals surface area contributed by atoms with Crippen LogP contribution in [-0.2, 0) is 0 Å². The molecule has 8 nitrogen and oxygen atoms in total. The largest absolute Gasteiger partial charge is 0.355 e. The fraction of sp³-hybridized carbons (Fsp3) is 0.417. The number of aryl methyl sites for hydroxylation is 1. The molecule has 0 amide bonds. The van der Waals surface area contributed by atoms with E-state index in [1.54, 1.807) is 6.33 Å². The standard InChI is InChI=1S/C24H28N8/c1-16-5-6-19-18(12-16)24(27-15-26-19)31-9-3-2-4-21(31)20-13-23-28-22(8-11-32(23)29-20)30-10-7-17(25)14-30/h5-6,8,11-13,15,17,21H,2-4,7,9-10,14,25H2,1H3/t17-,21?/m1/s1. The maximum absolute atomic E-state index is 6.09. The molecule has 0 radical (unpaired) electrons. The highest BCUT2D eigenvalue weighted by atomic mass is 15.3. The topological polar surface area (TPSA) is 88.5 Å². The van der Waals surface area contributed by atoms with Crippen LogP contribution in [0.3, 0.4) is 0 Å². The number of benzene rings is 1. The van der Waals surface area contributed by atoms with Crippen LogP contribution in [0, 0.1) is 6.92 Å². The van der Waals surface area contributed by atoms with Gasteiger partial charge in [0.2, 0.25) is 0 Å².